The second kappa shape index (κ2) is 9.06. The Morgan fingerprint density at radius 2 is 2.00 bits per heavy atom. The number of rotatable bonds is 5. The Hall–Kier alpha value is -1.60. The third-order valence-electron chi connectivity index (χ3n) is 5.57. The average Bonchev–Trinajstić information content (AvgIpc) is 2.96. The van der Waals surface area contributed by atoms with E-state index in [0.717, 1.165) is 56.0 Å². The van der Waals surface area contributed by atoms with Crippen LogP contribution in [0.5, 0.6) is 0 Å². The van der Waals surface area contributed by atoms with Gasteiger partial charge in [-0.15, -0.1) is 0 Å². The van der Waals surface area contributed by atoms with Gasteiger partial charge in [0.25, 0.3) is 0 Å². The first kappa shape index (κ1) is 20.1. The summed E-state index contributed by atoms with van der Waals surface area (Å²) >= 11 is 0. The van der Waals surface area contributed by atoms with Crippen molar-refractivity contribution in [3.8, 4) is 0 Å². The van der Waals surface area contributed by atoms with Gasteiger partial charge in [0.2, 0.25) is 0 Å². The summed E-state index contributed by atoms with van der Waals surface area (Å²) in [5, 5.41) is 7.61. The van der Waals surface area contributed by atoms with Crippen LogP contribution in [0.2, 0.25) is 0 Å². The Morgan fingerprint density at radius 3 is 2.59 bits per heavy atom. The second-order valence-corrected chi connectivity index (χ2v) is 8.02. The highest BCUT2D eigenvalue weighted by atomic mass is 16.5. The molecule has 0 radical (unpaired) electrons. The monoisotopic (exact) mass is 378 g/mol. The Bertz CT molecular complexity index is 629. The van der Waals surface area contributed by atoms with Crippen molar-refractivity contribution < 1.29 is 14.3 Å². The second-order valence-electron chi connectivity index (χ2n) is 8.02. The molecule has 2 saturated heterocycles. The van der Waals surface area contributed by atoms with Crippen LogP contribution in [0.4, 0.5) is 10.5 Å². The highest BCUT2D eigenvalue weighted by Crippen LogP contribution is 2.24. The third-order valence-corrected chi connectivity index (χ3v) is 5.57. The summed E-state index contributed by atoms with van der Waals surface area (Å²) < 4.78 is 13.7. The maximum Gasteiger partial charge on any atom is 0.321 e. The summed E-state index contributed by atoms with van der Waals surface area (Å²) in [5.74, 6) is 0. The minimum Gasteiger partial charge on any atom is -0.376 e. The van der Waals surface area contributed by atoms with Crippen LogP contribution >= 0.6 is 0 Å². The maximum absolute atomic E-state index is 12.7. The van der Waals surface area contributed by atoms with Crippen LogP contribution in [-0.4, -0.2) is 59.2 Å². The molecular weight excluding hydrogens is 344 g/mol. The number of nitrogens with one attached hydrogen (secondary N) is 1. The first-order valence-electron chi connectivity index (χ1n) is 10.3. The zero-order valence-electron chi connectivity index (χ0n) is 17.2. The zero-order chi connectivity index (χ0) is 19.4. The van der Waals surface area contributed by atoms with Crippen LogP contribution in [0.25, 0.3) is 0 Å². The fourth-order valence-corrected chi connectivity index (χ4v) is 3.94. The van der Waals surface area contributed by atoms with Gasteiger partial charge in [0.1, 0.15) is 0 Å². The van der Waals surface area contributed by atoms with E-state index >= 15 is 0 Å². The van der Waals surface area contributed by atoms with Crippen molar-refractivity contribution in [2.75, 3.05) is 31.6 Å². The van der Waals surface area contributed by atoms with Gasteiger partial charge in [-0.1, -0.05) is 0 Å². The Balaban J connectivity index is 1.46. The van der Waals surface area contributed by atoms with Crippen LogP contribution in [0.3, 0.4) is 0 Å². The molecule has 1 unspecified atom stereocenters. The summed E-state index contributed by atoms with van der Waals surface area (Å²) in [4.78, 5) is 14.6. The number of carbonyl (C=O) groups excluding carboxylic acids is 1. The van der Waals surface area contributed by atoms with Crippen molar-refractivity contribution in [2.24, 2.45) is 0 Å². The number of aryl methyl sites for hydroxylation is 1. The molecule has 0 aliphatic carbocycles. The van der Waals surface area contributed by atoms with E-state index in [2.05, 4.69) is 24.3 Å². The van der Waals surface area contributed by atoms with Crippen molar-refractivity contribution >= 4 is 11.7 Å². The van der Waals surface area contributed by atoms with Crippen LogP contribution in [0.15, 0.2) is 0 Å². The lowest BCUT2D eigenvalue weighted by atomic mass is 10.1. The summed E-state index contributed by atoms with van der Waals surface area (Å²) in [6, 6.07) is 0.231. The van der Waals surface area contributed by atoms with Crippen LogP contribution in [0, 0.1) is 13.8 Å². The molecule has 7 heteroatoms. The number of carbonyl (C=O) groups is 1. The van der Waals surface area contributed by atoms with E-state index in [1.54, 1.807) is 0 Å². The summed E-state index contributed by atoms with van der Waals surface area (Å²) in [6.07, 6.45) is 5.74. The van der Waals surface area contributed by atoms with E-state index in [1.807, 2.05) is 23.4 Å². The molecule has 1 aromatic rings. The van der Waals surface area contributed by atoms with Crippen LogP contribution < -0.4 is 5.32 Å². The van der Waals surface area contributed by atoms with Gasteiger partial charge in [0, 0.05) is 25.7 Å². The predicted octanol–water partition coefficient (Wildman–Crippen LogP) is 3.66. The number of hydrogen-bond acceptors (Lipinski definition) is 4. The number of piperidine rings is 1. The smallest absolute Gasteiger partial charge is 0.321 e. The number of aromatic nitrogens is 2. The zero-order valence-corrected chi connectivity index (χ0v) is 17.2. The topological polar surface area (TPSA) is 68.6 Å². The van der Waals surface area contributed by atoms with Gasteiger partial charge in [-0.3, -0.25) is 4.68 Å². The highest BCUT2D eigenvalue weighted by Gasteiger charge is 2.26. The molecule has 2 amide bonds. The van der Waals surface area contributed by atoms with Crippen molar-refractivity contribution in [1.82, 2.24) is 14.7 Å². The van der Waals surface area contributed by atoms with Gasteiger partial charge in [-0.25, -0.2) is 4.79 Å². The number of ether oxygens (including phenoxy) is 2. The molecule has 3 heterocycles. The summed E-state index contributed by atoms with van der Waals surface area (Å²) in [5.41, 5.74) is 2.70. The molecular formula is C20H34N4O3. The minimum absolute atomic E-state index is 0.0430. The van der Waals surface area contributed by atoms with E-state index in [0.29, 0.717) is 6.61 Å². The molecule has 2 aliphatic heterocycles. The van der Waals surface area contributed by atoms with Crippen molar-refractivity contribution in [3.63, 3.8) is 0 Å². The van der Waals surface area contributed by atoms with Gasteiger partial charge < -0.3 is 19.7 Å². The molecule has 0 saturated carbocycles. The van der Waals surface area contributed by atoms with Gasteiger partial charge in [-0.2, -0.15) is 5.10 Å². The number of amides is 2. The van der Waals surface area contributed by atoms with Gasteiger partial charge in [0.15, 0.2) is 0 Å². The molecule has 152 valence electrons. The fraction of sp³-hybridized carbons (Fsp3) is 0.800. The van der Waals surface area contributed by atoms with Gasteiger partial charge in [0.05, 0.1) is 35.9 Å². The largest absolute Gasteiger partial charge is 0.376 e. The third kappa shape index (κ3) is 5.02. The molecule has 1 atom stereocenters. The standard InChI is InChI=1S/C20H34N4O3/c1-14(2)24-16(4)19(15(3)22-24)21-20(25)23-10-8-17(9-11-23)27-13-18-7-5-6-12-26-18/h14,17-18H,5-13H2,1-4H3,(H,21,25). The molecule has 1 N–H and O–H groups in total. The Labute approximate surface area is 162 Å². The van der Waals surface area contributed by atoms with Crippen molar-refractivity contribution in [1.29, 1.82) is 0 Å². The minimum atomic E-state index is -0.0430. The van der Waals surface area contributed by atoms with E-state index in [4.69, 9.17) is 9.47 Å². The molecule has 2 fully saturated rings. The molecule has 0 bridgehead atoms. The normalized spacial score (nSPS) is 21.7. The number of nitrogens with zero attached hydrogens (tertiary/aromatic N) is 3. The lowest BCUT2D eigenvalue weighted by Gasteiger charge is -2.33. The van der Waals surface area contributed by atoms with Crippen molar-refractivity contribution in [2.45, 2.75) is 78.0 Å². The average molecular weight is 379 g/mol. The SMILES string of the molecule is Cc1nn(C(C)C)c(C)c1NC(=O)N1CCC(OCC2CCCCO2)CC1. The number of anilines is 1. The lowest BCUT2D eigenvalue weighted by Crippen LogP contribution is -2.43. The van der Waals surface area contributed by atoms with Crippen LogP contribution in [0.1, 0.15) is 63.4 Å². The molecule has 3 rings (SSSR count). The fourth-order valence-electron chi connectivity index (χ4n) is 3.94. The van der Waals surface area contributed by atoms with Gasteiger partial charge in [-0.05, 0) is 59.8 Å². The number of likely N-dealkylation sites (tertiary alicyclic amines) is 1. The van der Waals surface area contributed by atoms with E-state index in [1.165, 1.54) is 12.8 Å². The quantitative estimate of drug-likeness (QED) is 0.849. The molecule has 1 aromatic heterocycles. The maximum atomic E-state index is 12.7. The van der Waals surface area contributed by atoms with E-state index in [9.17, 15) is 4.79 Å². The van der Waals surface area contributed by atoms with E-state index in [-0.39, 0.29) is 24.3 Å². The summed E-state index contributed by atoms with van der Waals surface area (Å²) in [7, 11) is 0. The van der Waals surface area contributed by atoms with E-state index < -0.39 is 0 Å². The lowest BCUT2D eigenvalue weighted by molar-refractivity contribution is -0.0726. The Kier molecular flexibility index (Phi) is 6.76. The summed E-state index contributed by atoms with van der Waals surface area (Å²) in [6.45, 7) is 11.1. The number of hydrogen-bond donors (Lipinski definition) is 1. The number of urea groups is 1. The first-order valence-corrected chi connectivity index (χ1v) is 10.3. The Morgan fingerprint density at radius 1 is 1.26 bits per heavy atom. The van der Waals surface area contributed by atoms with Crippen molar-refractivity contribution in [3.05, 3.63) is 11.4 Å². The highest BCUT2D eigenvalue weighted by molar-refractivity contribution is 5.90. The predicted molar refractivity (Wildman–Crippen MR) is 105 cm³/mol. The molecule has 2 aliphatic rings. The molecule has 0 aromatic carbocycles. The van der Waals surface area contributed by atoms with Gasteiger partial charge >= 0.3 is 6.03 Å². The first-order chi connectivity index (χ1) is 13.0. The molecule has 7 nitrogen and oxygen atoms in total. The molecule has 27 heavy (non-hydrogen) atoms. The van der Waals surface area contributed by atoms with Crippen LogP contribution in [-0.2, 0) is 9.47 Å². The molecule has 0 spiro atoms.